The Bertz CT molecular complexity index is 732. The highest BCUT2D eigenvalue weighted by atomic mass is 19.1. The molecule has 1 fully saturated rings. The zero-order chi connectivity index (χ0) is 17.1. The number of nitrogens with zero attached hydrogens (tertiary/aromatic N) is 2. The lowest BCUT2D eigenvalue weighted by molar-refractivity contribution is -0.128. The number of hydrogen-bond acceptors (Lipinski definition) is 4. The molecule has 24 heavy (non-hydrogen) atoms. The van der Waals surface area contributed by atoms with Gasteiger partial charge in [-0.15, -0.1) is 0 Å². The topological polar surface area (TPSA) is 67.5 Å². The average molecular weight is 333 g/mol. The highest BCUT2D eigenvalue weighted by molar-refractivity contribution is 5.79. The largest absolute Gasteiger partial charge is 0.494 e. The van der Waals surface area contributed by atoms with Crippen molar-refractivity contribution in [1.29, 1.82) is 0 Å². The number of rotatable bonds is 6. The van der Waals surface area contributed by atoms with E-state index in [9.17, 15) is 9.18 Å². The maximum Gasteiger partial charge on any atom is 0.223 e. The second-order valence-electron chi connectivity index (χ2n) is 5.77. The summed E-state index contributed by atoms with van der Waals surface area (Å²) in [5, 5.41) is 0. The summed E-state index contributed by atoms with van der Waals surface area (Å²) in [6.45, 7) is 1.72. The van der Waals surface area contributed by atoms with Gasteiger partial charge < -0.3 is 19.4 Å². The van der Waals surface area contributed by atoms with Crippen LogP contribution in [0, 0.1) is 5.82 Å². The molecule has 6 nitrogen and oxygen atoms in total. The van der Waals surface area contributed by atoms with E-state index in [1.54, 1.807) is 30.3 Å². The first-order chi connectivity index (χ1) is 11.6. The fourth-order valence-electron chi connectivity index (χ4n) is 2.90. The predicted molar refractivity (Wildman–Crippen MR) is 86.3 cm³/mol. The minimum Gasteiger partial charge on any atom is -0.494 e. The van der Waals surface area contributed by atoms with Crippen LogP contribution in [0.15, 0.2) is 24.4 Å². The fourth-order valence-corrected chi connectivity index (χ4v) is 2.90. The molecule has 1 atom stereocenters. The molecule has 1 unspecified atom stereocenters. The van der Waals surface area contributed by atoms with Crippen molar-refractivity contribution in [2.45, 2.75) is 12.3 Å². The number of imidazole rings is 1. The van der Waals surface area contributed by atoms with Crippen molar-refractivity contribution < 1.29 is 18.7 Å². The van der Waals surface area contributed by atoms with Crippen LogP contribution < -0.4 is 4.74 Å². The van der Waals surface area contributed by atoms with E-state index < -0.39 is 5.82 Å². The monoisotopic (exact) mass is 333 g/mol. The third-order valence-corrected chi connectivity index (χ3v) is 4.22. The molecule has 1 saturated heterocycles. The average Bonchev–Trinajstić information content (AvgIpc) is 3.20. The van der Waals surface area contributed by atoms with Crippen molar-refractivity contribution in [3.8, 4) is 17.0 Å². The number of amides is 1. The SMILES string of the molecule is COCCN1CC(c2ncc(-c3ccc(OC)c(F)c3)[nH]2)CC1=O. The smallest absolute Gasteiger partial charge is 0.223 e. The second kappa shape index (κ2) is 7.00. The van der Waals surface area contributed by atoms with E-state index in [4.69, 9.17) is 9.47 Å². The van der Waals surface area contributed by atoms with Gasteiger partial charge in [0.25, 0.3) is 0 Å². The minimum atomic E-state index is -0.423. The standard InChI is InChI=1S/C17H20FN3O3/c1-23-6-5-21-10-12(8-16(21)22)17-19-9-14(20-17)11-3-4-15(24-2)13(18)7-11/h3-4,7,9,12H,5-6,8,10H2,1-2H3,(H,19,20). The van der Waals surface area contributed by atoms with Crippen LogP contribution in [-0.4, -0.2) is 54.7 Å². The summed E-state index contributed by atoms with van der Waals surface area (Å²) < 4.78 is 23.8. The van der Waals surface area contributed by atoms with E-state index >= 15 is 0 Å². The van der Waals surface area contributed by atoms with Crippen LogP contribution >= 0.6 is 0 Å². The number of methoxy groups -OCH3 is 2. The first-order valence-corrected chi connectivity index (χ1v) is 7.78. The van der Waals surface area contributed by atoms with Crippen LogP contribution in [0.5, 0.6) is 5.75 Å². The zero-order valence-electron chi connectivity index (χ0n) is 13.7. The highest BCUT2D eigenvalue weighted by Crippen LogP contribution is 2.29. The third-order valence-electron chi connectivity index (χ3n) is 4.22. The molecular weight excluding hydrogens is 313 g/mol. The molecule has 1 aromatic carbocycles. The van der Waals surface area contributed by atoms with E-state index in [2.05, 4.69) is 9.97 Å². The Balaban J connectivity index is 1.74. The van der Waals surface area contributed by atoms with Gasteiger partial charge in [-0.3, -0.25) is 4.79 Å². The number of nitrogens with one attached hydrogen (secondary N) is 1. The summed E-state index contributed by atoms with van der Waals surface area (Å²) in [6, 6.07) is 4.75. The second-order valence-corrected chi connectivity index (χ2v) is 5.77. The Hall–Kier alpha value is -2.41. The molecule has 0 radical (unpaired) electrons. The highest BCUT2D eigenvalue weighted by Gasteiger charge is 2.32. The van der Waals surface area contributed by atoms with Gasteiger partial charge in [0.1, 0.15) is 5.82 Å². The van der Waals surface area contributed by atoms with E-state index in [1.807, 2.05) is 0 Å². The van der Waals surface area contributed by atoms with Crippen LogP contribution in [0.4, 0.5) is 4.39 Å². The number of carbonyl (C=O) groups excluding carboxylic acids is 1. The molecule has 1 aromatic heterocycles. The quantitative estimate of drug-likeness (QED) is 0.880. The molecular formula is C17H20FN3O3. The van der Waals surface area contributed by atoms with E-state index in [1.165, 1.54) is 13.2 Å². The van der Waals surface area contributed by atoms with Crippen LogP contribution in [0.3, 0.4) is 0 Å². The van der Waals surface area contributed by atoms with Gasteiger partial charge in [0, 0.05) is 38.1 Å². The number of ether oxygens (including phenoxy) is 2. The Kier molecular flexibility index (Phi) is 4.80. The molecule has 0 aliphatic carbocycles. The maximum atomic E-state index is 13.8. The molecule has 1 amide bonds. The summed E-state index contributed by atoms with van der Waals surface area (Å²) in [4.78, 5) is 21.4. The van der Waals surface area contributed by atoms with Crippen molar-refractivity contribution in [3.63, 3.8) is 0 Å². The van der Waals surface area contributed by atoms with Gasteiger partial charge in [-0.1, -0.05) is 0 Å². The van der Waals surface area contributed by atoms with Crippen LogP contribution in [0.1, 0.15) is 18.2 Å². The maximum absolute atomic E-state index is 13.8. The summed E-state index contributed by atoms with van der Waals surface area (Å²) in [6.07, 6.45) is 2.09. The van der Waals surface area contributed by atoms with E-state index in [-0.39, 0.29) is 17.6 Å². The molecule has 0 saturated carbocycles. The molecule has 1 aliphatic heterocycles. The Morgan fingerprint density at radius 2 is 2.25 bits per heavy atom. The van der Waals surface area contributed by atoms with Crippen LogP contribution in [0.2, 0.25) is 0 Å². The van der Waals surface area contributed by atoms with Gasteiger partial charge in [-0.25, -0.2) is 9.37 Å². The van der Waals surface area contributed by atoms with Gasteiger partial charge in [-0.2, -0.15) is 0 Å². The fraction of sp³-hybridized carbons (Fsp3) is 0.412. The van der Waals surface area contributed by atoms with Gasteiger partial charge in [0.2, 0.25) is 5.91 Å². The molecule has 0 spiro atoms. The molecule has 128 valence electrons. The van der Waals surface area contributed by atoms with Crippen molar-refractivity contribution in [2.75, 3.05) is 33.9 Å². The van der Waals surface area contributed by atoms with Gasteiger partial charge in [0.05, 0.1) is 25.6 Å². The van der Waals surface area contributed by atoms with Crippen LogP contribution in [-0.2, 0) is 9.53 Å². The van der Waals surface area contributed by atoms with Gasteiger partial charge >= 0.3 is 0 Å². The number of halogens is 1. The Morgan fingerprint density at radius 3 is 2.96 bits per heavy atom. The van der Waals surface area contributed by atoms with Crippen molar-refractivity contribution >= 4 is 5.91 Å². The number of hydrogen-bond donors (Lipinski definition) is 1. The Labute approximate surface area is 139 Å². The van der Waals surface area contributed by atoms with Crippen molar-refractivity contribution in [3.05, 3.63) is 36.0 Å². The molecule has 2 heterocycles. The summed E-state index contributed by atoms with van der Waals surface area (Å²) in [7, 11) is 3.05. The first-order valence-electron chi connectivity index (χ1n) is 7.78. The predicted octanol–water partition coefficient (Wildman–Crippen LogP) is 2.19. The lowest BCUT2D eigenvalue weighted by Gasteiger charge is -2.15. The number of benzene rings is 1. The third kappa shape index (κ3) is 3.26. The van der Waals surface area contributed by atoms with Crippen LogP contribution in [0.25, 0.3) is 11.3 Å². The normalized spacial score (nSPS) is 17.5. The molecule has 1 N–H and O–H groups in total. The Morgan fingerprint density at radius 1 is 1.42 bits per heavy atom. The molecule has 0 bridgehead atoms. The zero-order valence-corrected chi connectivity index (χ0v) is 13.7. The van der Waals surface area contributed by atoms with E-state index in [0.29, 0.717) is 37.4 Å². The number of H-pyrrole nitrogens is 1. The number of aromatic nitrogens is 2. The molecule has 7 heteroatoms. The van der Waals surface area contributed by atoms with Crippen molar-refractivity contribution in [2.24, 2.45) is 0 Å². The molecule has 2 aromatic rings. The number of carbonyl (C=O) groups is 1. The van der Waals surface area contributed by atoms with E-state index in [0.717, 1.165) is 5.82 Å². The summed E-state index contributed by atoms with van der Waals surface area (Å²) >= 11 is 0. The van der Waals surface area contributed by atoms with Gasteiger partial charge in [-0.05, 0) is 18.2 Å². The molecule has 3 rings (SSSR count). The summed E-state index contributed by atoms with van der Waals surface area (Å²) in [5.41, 5.74) is 1.40. The number of aromatic amines is 1. The lowest BCUT2D eigenvalue weighted by Crippen LogP contribution is -2.28. The first kappa shape index (κ1) is 16.4. The van der Waals surface area contributed by atoms with Crippen molar-refractivity contribution in [1.82, 2.24) is 14.9 Å². The minimum absolute atomic E-state index is 0.0196. The van der Waals surface area contributed by atoms with Gasteiger partial charge in [0.15, 0.2) is 11.6 Å². The lowest BCUT2D eigenvalue weighted by atomic mass is 10.1. The number of likely N-dealkylation sites (tertiary alicyclic amines) is 1. The summed E-state index contributed by atoms with van der Waals surface area (Å²) in [5.74, 6) is 0.646. The molecule has 1 aliphatic rings.